The Bertz CT molecular complexity index is 1290. The van der Waals surface area contributed by atoms with E-state index in [1.54, 1.807) is 30.4 Å². The Morgan fingerprint density at radius 3 is 2.62 bits per heavy atom. The topological polar surface area (TPSA) is 63.9 Å². The number of furan rings is 1. The highest BCUT2D eigenvalue weighted by atomic mass is 35.5. The molecular weight excluding hydrogens is 452 g/mol. The number of halogens is 1. The third kappa shape index (κ3) is 4.45. The molecule has 5 rings (SSSR count). The van der Waals surface area contributed by atoms with Gasteiger partial charge in [0, 0.05) is 16.3 Å². The second-order valence-corrected chi connectivity index (χ2v) is 8.36. The number of nitrogens with zero attached hydrogens (tertiary/aromatic N) is 1. The normalized spacial score (nSPS) is 14.9. The molecule has 0 unspecified atom stereocenters. The molecule has 6 nitrogen and oxygen atoms in total. The molecule has 1 atom stereocenters. The fourth-order valence-corrected chi connectivity index (χ4v) is 4.19. The van der Waals surface area contributed by atoms with E-state index in [-0.39, 0.29) is 5.91 Å². The zero-order valence-electron chi connectivity index (χ0n) is 18.5. The van der Waals surface area contributed by atoms with E-state index < -0.39 is 6.17 Å². The third-order valence-electron chi connectivity index (χ3n) is 5.76. The number of benzene rings is 3. The summed E-state index contributed by atoms with van der Waals surface area (Å²) in [7, 11) is 1.63. The van der Waals surface area contributed by atoms with Crippen molar-refractivity contribution < 1.29 is 18.7 Å². The van der Waals surface area contributed by atoms with Crippen molar-refractivity contribution in [2.24, 2.45) is 0 Å². The molecule has 4 aromatic rings. The number of hydrogen-bond donors (Lipinski definition) is 1. The minimum atomic E-state index is -0.396. The van der Waals surface area contributed by atoms with Crippen LogP contribution in [0.5, 0.6) is 11.5 Å². The van der Waals surface area contributed by atoms with E-state index >= 15 is 0 Å². The molecule has 0 saturated carbocycles. The van der Waals surface area contributed by atoms with Crippen LogP contribution in [-0.4, -0.2) is 17.9 Å². The summed E-state index contributed by atoms with van der Waals surface area (Å²) in [6.45, 7) is 0.633. The molecule has 1 amide bonds. The minimum absolute atomic E-state index is 0.0643. The third-order valence-corrected chi connectivity index (χ3v) is 6.01. The number of para-hydroxylation sites is 1. The van der Waals surface area contributed by atoms with E-state index in [2.05, 4.69) is 5.32 Å². The van der Waals surface area contributed by atoms with Gasteiger partial charge < -0.3 is 24.1 Å². The van der Waals surface area contributed by atoms with Gasteiger partial charge in [-0.3, -0.25) is 4.79 Å². The zero-order valence-corrected chi connectivity index (χ0v) is 19.3. The van der Waals surface area contributed by atoms with Crippen LogP contribution < -0.4 is 14.8 Å². The summed E-state index contributed by atoms with van der Waals surface area (Å²) in [4.78, 5) is 15.2. The van der Waals surface area contributed by atoms with Crippen LogP contribution in [0, 0.1) is 0 Å². The number of nitrogens with one attached hydrogen (secondary N) is 1. The first kappa shape index (κ1) is 21.9. The Hall–Kier alpha value is -3.90. The van der Waals surface area contributed by atoms with Crippen LogP contribution >= 0.6 is 11.6 Å². The Kier molecular flexibility index (Phi) is 6.14. The van der Waals surface area contributed by atoms with E-state index in [1.165, 1.54) is 0 Å². The number of rotatable bonds is 7. The molecule has 3 aromatic carbocycles. The molecule has 0 aliphatic carbocycles. The van der Waals surface area contributed by atoms with Crippen molar-refractivity contribution in [1.82, 2.24) is 4.90 Å². The maximum atomic E-state index is 13.5. The van der Waals surface area contributed by atoms with Crippen LogP contribution in [0.15, 0.2) is 89.5 Å². The predicted molar refractivity (Wildman–Crippen MR) is 130 cm³/mol. The second kappa shape index (κ2) is 9.53. The lowest BCUT2D eigenvalue weighted by molar-refractivity contribution is 0.0651. The summed E-state index contributed by atoms with van der Waals surface area (Å²) in [6.07, 6.45) is 1.22. The second-order valence-electron chi connectivity index (χ2n) is 7.92. The van der Waals surface area contributed by atoms with Crippen molar-refractivity contribution >= 4 is 23.2 Å². The van der Waals surface area contributed by atoms with E-state index in [1.807, 2.05) is 66.7 Å². The molecule has 0 fully saturated rings. The van der Waals surface area contributed by atoms with Crippen LogP contribution in [-0.2, 0) is 13.2 Å². The smallest absolute Gasteiger partial charge is 0.258 e. The maximum Gasteiger partial charge on any atom is 0.258 e. The Balaban J connectivity index is 1.47. The van der Waals surface area contributed by atoms with Gasteiger partial charge >= 0.3 is 0 Å². The SMILES string of the molecule is COc1ccc([C@@H]2Nc3ccccc3C(=O)N2Cc2ccco2)cc1COc1ccc(Cl)cc1. The molecule has 1 aromatic heterocycles. The number of carbonyl (C=O) groups is 1. The first-order chi connectivity index (χ1) is 16.6. The van der Waals surface area contributed by atoms with Gasteiger partial charge in [0.2, 0.25) is 0 Å². The number of amides is 1. The fraction of sp³-hybridized carbons (Fsp3) is 0.148. The number of fused-ring (bicyclic) bond motifs is 1. The Morgan fingerprint density at radius 1 is 1.03 bits per heavy atom. The first-order valence-electron chi connectivity index (χ1n) is 10.9. The molecule has 172 valence electrons. The molecular formula is C27H23ClN2O4. The minimum Gasteiger partial charge on any atom is -0.496 e. The molecule has 1 N–H and O–H groups in total. The van der Waals surface area contributed by atoms with Crippen molar-refractivity contribution in [2.75, 3.05) is 12.4 Å². The highest BCUT2D eigenvalue weighted by Crippen LogP contribution is 2.36. The summed E-state index contributed by atoms with van der Waals surface area (Å²) in [5.41, 5.74) is 3.19. The van der Waals surface area contributed by atoms with Gasteiger partial charge in [-0.25, -0.2) is 0 Å². The molecule has 0 bridgehead atoms. The average Bonchev–Trinajstić information content (AvgIpc) is 3.38. The van der Waals surface area contributed by atoms with Gasteiger partial charge in [0.15, 0.2) is 0 Å². The van der Waals surface area contributed by atoms with Gasteiger partial charge in [-0.05, 0) is 66.2 Å². The summed E-state index contributed by atoms with van der Waals surface area (Å²) in [6, 6.07) is 24.3. The summed E-state index contributed by atoms with van der Waals surface area (Å²) in [5.74, 6) is 2.05. The predicted octanol–water partition coefficient (Wildman–Crippen LogP) is 6.29. The molecule has 2 heterocycles. The number of hydrogen-bond acceptors (Lipinski definition) is 5. The van der Waals surface area contributed by atoms with Gasteiger partial charge in [0.1, 0.15) is 30.0 Å². The van der Waals surface area contributed by atoms with Crippen LogP contribution in [0.1, 0.15) is 33.4 Å². The number of anilines is 1. The van der Waals surface area contributed by atoms with Gasteiger partial charge in [-0.1, -0.05) is 29.8 Å². The van der Waals surface area contributed by atoms with Crippen molar-refractivity contribution in [3.63, 3.8) is 0 Å². The van der Waals surface area contributed by atoms with Crippen molar-refractivity contribution in [1.29, 1.82) is 0 Å². The molecule has 7 heteroatoms. The lowest BCUT2D eigenvalue weighted by Crippen LogP contribution is -2.42. The summed E-state index contributed by atoms with van der Waals surface area (Å²) >= 11 is 5.97. The van der Waals surface area contributed by atoms with Crippen molar-refractivity contribution in [3.05, 3.63) is 113 Å². The molecule has 0 spiro atoms. The standard InChI is InChI=1S/C27H23ClN2O4/c1-32-25-13-8-18(15-19(25)17-34-21-11-9-20(28)10-12-21)26-29-24-7-3-2-6-23(24)27(31)30(26)16-22-5-4-14-33-22/h2-15,26,29H,16-17H2,1H3/t26-/m1/s1. The molecule has 0 radical (unpaired) electrons. The van der Waals surface area contributed by atoms with Gasteiger partial charge in [0.25, 0.3) is 5.91 Å². The highest BCUT2D eigenvalue weighted by molar-refractivity contribution is 6.30. The number of methoxy groups -OCH3 is 1. The lowest BCUT2D eigenvalue weighted by atomic mass is 10.0. The first-order valence-corrected chi connectivity index (χ1v) is 11.2. The van der Waals surface area contributed by atoms with Gasteiger partial charge in [-0.15, -0.1) is 0 Å². The van der Waals surface area contributed by atoms with E-state index in [0.717, 1.165) is 16.8 Å². The Morgan fingerprint density at radius 2 is 1.85 bits per heavy atom. The average molecular weight is 475 g/mol. The van der Waals surface area contributed by atoms with Gasteiger partial charge in [-0.2, -0.15) is 0 Å². The van der Waals surface area contributed by atoms with Crippen molar-refractivity contribution in [3.8, 4) is 11.5 Å². The van der Waals surface area contributed by atoms with E-state index in [9.17, 15) is 4.79 Å². The molecule has 1 aliphatic rings. The lowest BCUT2D eigenvalue weighted by Gasteiger charge is -2.38. The van der Waals surface area contributed by atoms with Crippen LogP contribution in [0.2, 0.25) is 5.02 Å². The van der Waals surface area contributed by atoms with Crippen LogP contribution in [0.25, 0.3) is 0 Å². The number of carbonyl (C=O) groups excluding carboxylic acids is 1. The summed E-state index contributed by atoms with van der Waals surface area (Å²) in [5, 5.41) is 4.17. The maximum absolute atomic E-state index is 13.5. The van der Waals surface area contributed by atoms with Crippen LogP contribution in [0.3, 0.4) is 0 Å². The van der Waals surface area contributed by atoms with Crippen LogP contribution in [0.4, 0.5) is 5.69 Å². The molecule has 0 saturated heterocycles. The fourth-order valence-electron chi connectivity index (χ4n) is 4.06. The van der Waals surface area contributed by atoms with E-state index in [4.69, 9.17) is 25.5 Å². The monoisotopic (exact) mass is 474 g/mol. The van der Waals surface area contributed by atoms with Crippen molar-refractivity contribution in [2.45, 2.75) is 19.3 Å². The largest absolute Gasteiger partial charge is 0.496 e. The molecule has 34 heavy (non-hydrogen) atoms. The highest BCUT2D eigenvalue weighted by Gasteiger charge is 2.33. The van der Waals surface area contributed by atoms with Gasteiger partial charge in [0.05, 0.1) is 25.5 Å². The zero-order chi connectivity index (χ0) is 23.5. The summed E-state index contributed by atoms with van der Waals surface area (Å²) < 4.78 is 17.1. The number of ether oxygens (including phenoxy) is 2. The quantitative estimate of drug-likeness (QED) is 0.341. The Labute approximate surface area is 202 Å². The molecule has 1 aliphatic heterocycles. The van der Waals surface area contributed by atoms with E-state index in [0.29, 0.717) is 41.0 Å².